The van der Waals surface area contributed by atoms with E-state index in [0.717, 1.165) is 10.0 Å². The highest BCUT2D eigenvalue weighted by Crippen LogP contribution is 2.14. The van der Waals surface area contributed by atoms with Crippen LogP contribution in [0, 0.1) is 0 Å². The van der Waals surface area contributed by atoms with Gasteiger partial charge in [-0.15, -0.1) is 0 Å². The lowest BCUT2D eigenvalue weighted by atomic mass is 10.2. The number of hydrogen-bond acceptors (Lipinski definition) is 3. The summed E-state index contributed by atoms with van der Waals surface area (Å²) in [7, 11) is 1.58. The number of fused-ring (bicyclic) bond motifs is 1. The molecule has 6 nitrogen and oxygen atoms in total. The van der Waals surface area contributed by atoms with Gasteiger partial charge in [-0.05, 0) is 17.7 Å². The van der Waals surface area contributed by atoms with Crippen LogP contribution in [0.15, 0.2) is 44.7 Å². The minimum atomic E-state index is -0.463. The lowest BCUT2D eigenvalue weighted by molar-refractivity contribution is 0.806. The van der Waals surface area contributed by atoms with Crippen molar-refractivity contribution in [2.75, 3.05) is 0 Å². The van der Waals surface area contributed by atoms with Crippen LogP contribution in [0.25, 0.3) is 11.2 Å². The maximum Gasteiger partial charge on any atom is 0.329 e. The third-order valence-corrected chi connectivity index (χ3v) is 3.61. The molecule has 0 radical (unpaired) electrons. The number of imidazole rings is 1. The van der Waals surface area contributed by atoms with Crippen molar-refractivity contribution in [2.45, 2.75) is 6.54 Å². The summed E-state index contributed by atoms with van der Waals surface area (Å²) in [5.41, 5.74) is 0.929. The second-order valence-electron chi connectivity index (χ2n) is 4.49. The summed E-state index contributed by atoms with van der Waals surface area (Å²) >= 11 is 3.41. The van der Waals surface area contributed by atoms with Crippen molar-refractivity contribution in [1.82, 2.24) is 19.1 Å². The zero-order valence-corrected chi connectivity index (χ0v) is 12.2. The van der Waals surface area contributed by atoms with Gasteiger partial charge in [0.2, 0.25) is 0 Å². The lowest BCUT2D eigenvalue weighted by Crippen LogP contribution is -2.29. The highest BCUT2D eigenvalue weighted by Gasteiger charge is 2.11. The van der Waals surface area contributed by atoms with Gasteiger partial charge in [0.15, 0.2) is 11.2 Å². The third kappa shape index (κ3) is 2.09. The molecule has 0 spiro atoms. The first-order chi connectivity index (χ1) is 9.56. The molecule has 3 aromatic rings. The molecule has 0 amide bonds. The van der Waals surface area contributed by atoms with Crippen molar-refractivity contribution < 1.29 is 0 Å². The fraction of sp³-hybridized carbons (Fsp3) is 0.154. The number of aromatic nitrogens is 4. The topological polar surface area (TPSA) is 72.7 Å². The number of nitrogens with zero attached hydrogens (tertiary/aromatic N) is 3. The highest BCUT2D eigenvalue weighted by atomic mass is 79.9. The van der Waals surface area contributed by atoms with E-state index < -0.39 is 11.2 Å². The van der Waals surface area contributed by atoms with Gasteiger partial charge in [0.05, 0.1) is 6.33 Å². The number of halogens is 1. The van der Waals surface area contributed by atoms with Gasteiger partial charge >= 0.3 is 5.69 Å². The number of aryl methyl sites for hydroxylation is 1. The van der Waals surface area contributed by atoms with Crippen molar-refractivity contribution in [3.8, 4) is 0 Å². The van der Waals surface area contributed by atoms with Gasteiger partial charge in [-0.25, -0.2) is 9.78 Å². The molecule has 2 heterocycles. The molecule has 1 N–H and O–H groups in total. The second-order valence-corrected chi connectivity index (χ2v) is 5.41. The highest BCUT2D eigenvalue weighted by molar-refractivity contribution is 9.10. The van der Waals surface area contributed by atoms with E-state index in [0.29, 0.717) is 17.7 Å². The standard InChI is InChI=1S/C13H11BrN4O2/c1-17-11-10(12(19)16-13(17)20)18(7-15-11)6-8-3-2-4-9(14)5-8/h2-5,7H,6H2,1H3,(H,16,19,20). The molecule has 0 saturated heterocycles. The van der Waals surface area contributed by atoms with E-state index in [9.17, 15) is 9.59 Å². The summed E-state index contributed by atoms with van der Waals surface area (Å²) in [6.07, 6.45) is 1.57. The number of H-pyrrole nitrogens is 1. The molecule has 3 rings (SSSR count). The number of nitrogens with one attached hydrogen (secondary N) is 1. The van der Waals surface area contributed by atoms with E-state index >= 15 is 0 Å². The van der Waals surface area contributed by atoms with Crippen LogP contribution >= 0.6 is 15.9 Å². The Morgan fingerprint density at radius 1 is 1.35 bits per heavy atom. The van der Waals surface area contributed by atoms with Gasteiger partial charge in [0.1, 0.15) is 0 Å². The third-order valence-electron chi connectivity index (χ3n) is 3.12. The van der Waals surface area contributed by atoms with Crippen LogP contribution in [-0.4, -0.2) is 19.1 Å². The van der Waals surface area contributed by atoms with E-state index in [1.807, 2.05) is 24.3 Å². The van der Waals surface area contributed by atoms with Crippen molar-refractivity contribution >= 4 is 27.1 Å². The molecular weight excluding hydrogens is 324 g/mol. The van der Waals surface area contributed by atoms with Gasteiger partial charge in [-0.1, -0.05) is 28.1 Å². The van der Waals surface area contributed by atoms with E-state index in [1.54, 1.807) is 17.9 Å². The molecule has 0 aliphatic carbocycles. The Morgan fingerprint density at radius 3 is 2.90 bits per heavy atom. The average molecular weight is 335 g/mol. The van der Waals surface area contributed by atoms with E-state index in [1.165, 1.54) is 4.57 Å². The zero-order valence-electron chi connectivity index (χ0n) is 10.6. The van der Waals surface area contributed by atoms with E-state index in [-0.39, 0.29) is 0 Å². The summed E-state index contributed by atoms with van der Waals surface area (Å²) in [4.78, 5) is 29.9. The smallest absolute Gasteiger partial charge is 0.320 e. The van der Waals surface area contributed by atoms with Gasteiger partial charge < -0.3 is 4.57 Å². The monoisotopic (exact) mass is 334 g/mol. The van der Waals surface area contributed by atoms with Crippen LogP contribution in [0.5, 0.6) is 0 Å². The average Bonchev–Trinajstić information content (AvgIpc) is 2.80. The first-order valence-corrected chi connectivity index (χ1v) is 6.74. The van der Waals surface area contributed by atoms with Crippen molar-refractivity contribution in [3.05, 3.63) is 61.5 Å². The Morgan fingerprint density at radius 2 is 2.15 bits per heavy atom. The van der Waals surface area contributed by atoms with Gasteiger partial charge in [-0.2, -0.15) is 0 Å². The molecule has 0 atom stereocenters. The van der Waals surface area contributed by atoms with Crippen LogP contribution in [0.4, 0.5) is 0 Å². The molecule has 0 fully saturated rings. The normalized spacial score (nSPS) is 11.1. The summed E-state index contributed by atoms with van der Waals surface area (Å²) in [6, 6.07) is 7.80. The summed E-state index contributed by atoms with van der Waals surface area (Å²) in [5.74, 6) is 0. The first-order valence-electron chi connectivity index (χ1n) is 5.95. The minimum Gasteiger partial charge on any atom is -0.320 e. The molecule has 1 aromatic carbocycles. The molecule has 7 heteroatoms. The SMILES string of the molecule is Cn1c(=O)[nH]c(=O)c2c1ncn2Cc1cccc(Br)c1. The molecule has 0 bridgehead atoms. The van der Waals surface area contributed by atoms with Crippen molar-refractivity contribution in [1.29, 1.82) is 0 Å². The minimum absolute atomic E-state index is 0.383. The van der Waals surface area contributed by atoms with Crippen LogP contribution < -0.4 is 11.2 Å². The number of rotatable bonds is 2. The number of aromatic amines is 1. The first kappa shape index (κ1) is 12.9. The quantitative estimate of drug-likeness (QED) is 0.766. The fourth-order valence-electron chi connectivity index (χ4n) is 2.14. The fourth-order valence-corrected chi connectivity index (χ4v) is 2.58. The summed E-state index contributed by atoms with van der Waals surface area (Å²) in [6.45, 7) is 0.511. The predicted molar refractivity (Wildman–Crippen MR) is 78.8 cm³/mol. The lowest BCUT2D eigenvalue weighted by Gasteiger charge is -2.05. The Kier molecular flexibility index (Phi) is 3.06. The number of hydrogen-bond donors (Lipinski definition) is 1. The Labute approximate surface area is 121 Å². The predicted octanol–water partition coefficient (Wildman–Crippen LogP) is 1.23. The van der Waals surface area contributed by atoms with Crippen LogP contribution in [0.1, 0.15) is 5.56 Å². The van der Waals surface area contributed by atoms with Gasteiger partial charge in [0, 0.05) is 18.1 Å². The summed E-state index contributed by atoms with van der Waals surface area (Å²) < 4.78 is 4.03. The van der Waals surface area contributed by atoms with Crippen LogP contribution in [-0.2, 0) is 13.6 Å². The van der Waals surface area contributed by atoms with Gasteiger partial charge in [-0.3, -0.25) is 14.3 Å². The molecule has 2 aromatic heterocycles. The Balaban J connectivity index is 2.16. The number of benzene rings is 1. The molecule has 0 aliphatic heterocycles. The second kappa shape index (κ2) is 4.75. The molecule has 0 saturated carbocycles. The maximum absolute atomic E-state index is 12.0. The van der Waals surface area contributed by atoms with Gasteiger partial charge in [0.25, 0.3) is 5.56 Å². The van der Waals surface area contributed by atoms with E-state index in [2.05, 4.69) is 25.9 Å². The zero-order chi connectivity index (χ0) is 14.3. The van der Waals surface area contributed by atoms with Crippen LogP contribution in [0.3, 0.4) is 0 Å². The van der Waals surface area contributed by atoms with Crippen molar-refractivity contribution in [2.24, 2.45) is 7.05 Å². The van der Waals surface area contributed by atoms with Crippen LogP contribution in [0.2, 0.25) is 0 Å². The molecule has 0 unspecified atom stereocenters. The Hall–Kier alpha value is -2.15. The van der Waals surface area contributed by atoms with Crippen molar-refractivity contribution in [3.63, 3.8) is 0 Å². The largest absolute Gasteiger partial charge is 0.329 e. The van der Waals surface area contributed by atoms with E-state index in [4.69, 9.17) is 0 Å². The summed E-state index contributed by atoms with van der Waals surface area (Å²) in [5, 5.41) is 0. The molecular formula is C13H11BrN4O2. The molecule has 102 valence electrons. The molecule has 0 aliphatic rings. The Bertz CT molecular complexity index is 907. The maximum atomic E-state index is 12.0. The molecule has 20 heavy (non-hydrogen) atoms.